The van der Waals surface area contributed by atoms with Gasteiger partial charge in [-0.05, 0) is 71.7 Å². The lowest BCUT2D eigenvalue weighted by Crippen LogP contribution is -2.18. The van der Waals surface area contributed by atoms with Crippen molar-refractivity contribution in [2.75, 3.05) is 7.05 Å². The van der Waals surface area contributed by atoms with Crippen molar-refractivity contribution in [1.29, 1.82) is 0 Å². The maximum absolute atomic E-state index is 3.57. The van der Waals surface area contributed by atoms with Crippen molar-refractivity contribution < 1.29 is 0 Å². The van der Waals surface area contributed by atoms with E-state index in [-0.39, 0.29) is 6.04 Å². The van der Waals surface area contributed by atoms with Crippen LogP contribution in [0.1, 0.15) is 27.6 Å². The second-order valence-electron chi connectivity index (χ2n) is 4.28. The number of rotatable bonds is 3. The Morgan fingerprint density at radius 2 is 1.83 bits per heavy atom. The monoisotopic (exact) mass is 387 g/mol. The molecular formula is C14H15Br2NS. The first-order chi connectivity index (χ1) is 8.52. The molecule has 1 aromatic carbocycles. The van der Waals surface area contributed by atoms with Gasteiger partial charge in [0.15, 0.2) is 0 Å². The van der Waals surface area contributed by atoms with Gasteiger partial charge in [0.05, 0.1) is 9.83 Å². The van der Waals surface area contributed by atoms with E-state index < -0.39 is 0 Å². The molecule has 0 spiro atoms. The van der Waals surface area contributed by atoms with Crippen molar-refractivity contribution in [3.05, 3.63) is 54.1 Å². The van der Waals surface area contributed by atoms with Gasteiger partial charge in [-0.25, -0.2) is 0 Å². The molecule has 0 radical (unpaired) electrons. The minimum Gasteiger partial charge on any atom is -0.309 e. The number of hydrogen-bond acceptors (Lipinski definition) is 2. The summed E-state index contributed by atoms with van der Waals surface area (Å²) < 4.78 is 2.30. The highest BCUT2D eigenvalue weighted by Crippen LogP contribution is 2.35. The Labute approximate surface area is 129 Å². The van der Waals surface area contributed by atoms with Crippen molar-refractivity contribution in [1.82, 2.24) is 5.32 Å². The van der Waals surface area contributed by atoms with Crippen molar-refractivity contribution in [2.24, 2.45) is 0 Å². The van der Waals surface area contributed by atoms with Crippen LogP contribution in [-0.2, 0) is 0 Å². The topological polar surface area (TPSA) is 12.0 Å². The largest absolute Gasteiger partial charge is 0.309 e. The minimum absolute atomic E-state index is 0.241. The van der Waals surface area contributed by atoms with Crippen LogP contribution < -0.4 is 5.32 Å². The number of hydrogen-bond donors (Lipinski definition) is 1. The predicted octanol–water partition coefficient (Wildman–Crippen LogP) is 5.20. The Balaban J connectivity index is 2.51. The van der Waals surface area contributed by atoms with Crippen LogP contribution in [0.4, 0.5) is 0 Å². The van der Waals surface area contributed by atoms with Gasteiger partial charge in [0.25, 0.3) is 0 Å². The lowest BCUT2D eigenvalue weighted by atomic mass is 9.96. The molecule has 0 fully saturated rings. The molecule has 2 rings (SSSR count). The molecule has 1 atom stereocenters. The molecule has 96 valence electrons. The smallest absolute Gasteiger partial charge is 0.0704 e. The van der Waals surface area contributed by atoms with Gasteiger partial charge in [-0.1, -0.05) is 22.0 Å². The summed E-state index contributed by atoms with van der Waals surface area (Å²) in [6, 6.07) is 8.89. The van der Waals surface area contributed by atoms with Gasteiger partial charge < -0.3 is 5.32 Å². The van der Waals surface area contributed by atoms with E-state index in [1.54, 1.807) is 11.3 Å². The normalized spacial score (nSPS) is 12.7. The van der Waals surface area contributed by atoms with Crippen LogP contribution in [0.15, 0.2) is 32.5 Å². The predicted molar refractivity (Wildman–Crippen MR) is 86.5 cm³/mol. The first kappa shape index (κ1) is 14.3. The van der Waals surface area contributed by atoms with Crippen molar-refractivity contribution in [3.63, 3.8) is 0 Å². The van der Waals surface area contributed by atoms with Gasteiger partial charge in [-0.2, -0.15) is 0 Å². The average Bonchev–Trinajstić information content (AvgIpc) is 2.64. The number of thiophene rings is 1. The van der Waals surface area contributed by atoms with Gasteiger partial charge in [0, 0.05) is 9.35 Å². The molecular weight excluding hydrogens is 374 g/mol. The van der Waals surface area contributed by atoms with Crippen molar-refractivity contribution in [2.45, 2.75) is 19.9 Å². The summed E-state index contributed by atoms with van der Waals surface area (Å²) in [5, 5.41) is 3.42. The van der Waals surface area contributed by atoms with E-state index in [0.717, 1.165) is 4.47 Å². The first-order valence-corrected chi connectivity index (χ1v) is 8.12. The Hall–Kier alpha value is -0.160. The lowest BCUT2D eigenvalue weighted by Gasteiger charge is -2.19. The van der Waals surface area contributed by atoms with Crippen LogP contribution in [0.2, 0.25) is 0 Å². The highest BCUT2D eigenvalue weighted by Gasteiger charge is 2.18. The summed E-state index contributed by atoms with van der Waals surface area (Å²) >= 11 is 8.91. The number of halogens is 2. The molecule has 0 amide bonds. The molecule has 1 aromatic heterocycles. The highest BCUT2D eigenvalue weighted by atomic mass is 79.9. The standard InChI is InChI=1S/C14H15Br2NS/c1-8-4-5-10(15)6-11(8)14(17-3)12-7-13(16)18-9(12)2/h4-7,14,17H,1-3H3. The molecule has 0 saturated carbocycles. The van der Waals surface area contributed by atoms with Gasteiger partial charge >= 0.3 is 0 Å². The second kappa shape index (κ2) is 5.87. The number of nitrogens with one attached hydrogen (secondary N) is 1. The van der Waals surface area contributed by atoms with Crippen LogP contribution in [0, 0.1) is 13.8 Å². The summed E-state index contributed by atoms with van der Waals surface area (Å²) in [5.74, 6) is 0. The molecule has 0 aliphatic carbocycles. The molecule has 0 aliphatic rings. The van der Waals surface area contributed by atoms with Gasteiger partial charge in [0.1, 0.15) is 0 Å². The maximum atomic E-state index is 3.57. The molecule has 18 heavy (non-hydrogen) atoms. The highest BCUT2D eigenvalue weighted by molar-refractivity contribution is 9.11. The Morgan fingerprint density at radius 1 is 1.11 bits per heavy atom. The third-order valence-corrected chi connectivity index (χ3v) is 5.14. The van der Waals surface area contributed by atoms with Gasteiger partial charge in [0.2, 0.25) is 0 Å². The van der Waals surface area contributed by atoms with E-state index in [1.165, 1.54) is 25.4 Å². The zero-order valence-electron chi connectivity index (χ0n) is 10.6. The summed E-state index contributed by atoms with van der Waals surface area (Å²) in [7, 11) is 2.01. The van der Waals surface area contributed by atoms with Crippen LogP contribution in [0.5, 0.6) is 0 Å². The fourth-order valence-corrected chi connectivity index (χ4v) is 4.27. The molecule has 1 nitrogen and oxygen atoms in total. The molecule has 4 heteroatoms. The van der Waals surface area contributed by atoms with E-state index in [0.29, 0.717) is 0 Å². The van der Waals surface area contributed by atoms with E-state index in [2.05, 4.69) is 75.3 Å². The van der Waals surface area contributed by atoms with Crippen LogP contribution in [0.3, 0.4) is 0 Å². The van der Waals surface area contributed by atoms with E-state index in [4.69, 9.17) is 0 Å². The van der Waals surface area contributed by atoms with Gasteiger partial charge in [-0.15, -0.1) is 11.3 Å². The fourth-order valence-electron chi connectivity index (χ4n) is 2.15. The summed E-state index contributed by atoms with van der Waals surface area (Å²) in [6.07, 6.45) is 0. The van der Waals surface area contributed by atoms with Crippen molar-refractivity contribution >= 4 is 43.2 Å². The Kier molecular flexibility index (Phi) is 4.64. The van der Waals surface area contributed by atoms with Crippen LogP contribution in [0.25, 0.3) is 0 Å². The maximum Gasteiger partial charge on any atom is 0.0704 e. The lowest BCUT2D eigenvalue weighted by molar-refractivity contribution is 0.686. The summed E-state index contributed by atoms with van der Waals surface area (Å²) in [6.45, 7) is 4.32. The van der Waals surface area contributed by atoms with E-state index >= 15 is 0 Å². The van der Waals surface area contributed by atoms with Crippen LogP contribution in [-0.4, -0.2) is 7.05 Å². The third kappa shape index (κ3) is 2.87. The SMILES string of the molecule is CNC(c1cc(Br)ccc1C)c1cc(Br)sc1C. The average molecular weight is 389 g/mol. The quantitative estimate of drug-likeness (QED) is 0.761. The molecule has 0 bridgehead atoms. The second-order valence-corrected chi connectivity index (χ2v) is 7.84. The van der Waals surface area contributed by atoms with Gasteiger partial charge in [-0.3, -0.25) is 0 Å². The molecule has 2 aromatic rings. The molecule has 0 aliphatic heterocycles. The molecule has 1 heterocycles. The molecule has 1 N–H and O–H groups in total. The minimum atomic E-state index is 0.241. The van der Waals surface area contributed by atoms with Crippen LogP contribution >= 0.6 is 43.2 Å². The Bertz CT molecular complexity index is 563. The summed E-state index contributed by atoms with van der Waals surface area (Å²) in [4.78, 5) is 1.35. The third-order valence-electron chi connectivity index (χ3n) is 3.08. The van der Waals surface area contributed by atoms with E-state index in [9.17, 15) is 0 Å². The van der Waals surface area contributed by atoms with Crippen molar-refractivity contribution in [3.8, 4) is 0 Å². The zero-order valence-corrected chi connectivity index (χ0v) is 14.5. The zero-order chi connectivity index (χ0) is 13.3. The Morgan fingerprint density at radius 3 is 2.39 bits per heavy atom. The van der Waals surface area contributed by atoms with E-state index in [1.807, 2.05) is 7.05 Å². The number of benzene rings is 1. The molecule has 0 saturated heterocycles. The number of aryl methyl sites for hydroxylation is 2. The summed E-state index contributed by atoms with van der Waals surface area (Å²) in [5.41, 5.74) is 3.97. The fraction of sp³-hybridized carbons (Fsp3) is 0.286. The molecule has 1 unspecified atom stereocenters. The first-order valence-electron chi connectivity index (χ1n) is 5.72.